The third-order valence-electron chi connectivity index (χ3n) is 2.46. The first-order valence-corrected chi connectivity index (χ1v) is 9.21. The van der Waals surface area contributed by atoms with Gasteiger partial charge < -0.3 is 8.92 Å². The van der Waals surface area contributed by atoms with Crippen molar-refractivity contribution in [1.82, 2.24) is 4.72 Å². The summed E-state index contributed by atoms with van der Waals surface area (Å²) < 4.78 is 46.7. The average molecular weight is 335 g/mol. The Morgan fingerprint density at radius 1 is 1.29 bits per heavy atom. The molecule has 0 amide bonds. The highest BCUT2D eigenvalue weighted by molar-refractivity contribution is 7.86. The van der Waals surface area contributed by atoms with Crippen molar-refractivity contribution in [2.75, 3.05) is 13.4 Å². The largest absolute Gasteiger partial charge is 0.496 e. The molecule has 0 saturated heterocycles. The predicted molar refractivity (Wildman–Crippen MR) is 83.2 cm³/mol. The molecule has 1 atom stereocenters. The van der Waals surface area contributed by atoms with Crippen molar-refractivity contribution in [3.63, 3.8) is 0 Å². The lowest BCUT2D eigenvalue weighted by Gasteiger charge is -2.19. The lowest BCUT2D eigenvalue weighted by Crippen LogP contribution is -2.32. The quantitative estimate of drug-likeness (QED) is 0.798. The second-order valence-electron chi connectivity index (χ2n) is 5.46. The van der Waals surface area contributed by atoms with E-state index in [0.717, 1.165) is 11.8 Å². The summed E-state index contributed by atoms with van der Waals surface area (Å²) in [6, 6.07) is 4.69. The van der Waals surface area contributed by atoms with Crippen molar-refractivity contribution >= 4 is 21.1 Å². The molecule has 1 N–H and O–H groups in total. The zero-order chi connectivity index (χ0) is 16.3. The molecule has 0 aliphatic carbocycles. The van der Waals surface area contributed by atoms with Gasteiger partial charge in [0.2, 0.25) is 0 Å². The Morgan fingerprint density at radius 3 is 2.38 bits per heavy atom. The molecule has 120 valence electrons. The number of benzene rings is 1. The summed E-state index contributed by atoms with van der Waals surface area (Å²) >= 11 is 0. The molecule has 0 aliphatic rings. The van der Waals surface area contributed by atoms with Crippen LogP contribution in [0, 0.1) is 0 Å². The molecular weight excluding hydrogens is 314 g/mol. The first kappa shape index (κ1) is 17.9. The van der Waals surface area contributed by atoms with Crippen LogP contribution in [0.1, 0.15) is 26.3 Å². The van der Waals surface area contributed by atoms with E-state index in [1.165, 1.54) is 19.2 Å². The van der Waals surface area contributed by atoms with E-state index in [1.807, 2.05) is 20.8 Å². The average Bonchev–Trinajstić information content (AvgIpc) is 2.33. The van der Waals surface area contributed by atoms with Crippen LogP contribution < -0.4 is 13.6 Å². The minimum atomic E-state index is -3.58. The molecule has 1 aromatic carbocycles. The minimum Gasteiger partial charge on any atom is -0.496 e. The molecule has 21 heavy (non-hydrogen) atoms. The first-order valence-electron chi connectivity index (χ1n) is 6.24. The molecule has 1 rings (SSSR count). The summed E-state index contributed by atoms with van der Waals surface area (Å²) in [6.45, 7) is 5.95. The van der Waals surface area contributed by atoms with Crippen molar-refractivity contribution in [3.05, 3.63) is 23.8 Å². The molecule has 1 aromatic rings. The van der Waals surface area contributed by atoms with Gasteiger partial charge in [-0.25, -0.2) is 8.93 Å². The second kappa shape index (κ2) is 6.76. The fourth-order valence-electron chi connectivity index (χ4n) is 1.46. The van der Waals surface area contributed by atoms with Crippen LogP contribution in [0.2, 0.25) is 0 Å². The number of rotatable bonds is 6. The van der Waals surface area contributed by atoms with Gasteiger partial charge in [-0.2, -0.15) is 8.42 Å². The van der Waals surface area contributed by atoms with Crippen LogP contribution in [0.15, 0.2) is 18.2 Å². The van der Waals surface area contributed by atoms with Crippen molar-refractivity contribution in [1.29, 1.82) is 0 Å². The minimum absolute atomic E-state index is 0.176. The number of hydrogen-bond acceptors (Lipinski definition) is 5. The van der Waals surface area contributed by atoms with Gasteiger partial charge in [0.1, 0.15) is 11.5 Å². The van der Waals surface area contributed by atoms with Crippen LogP contribution in [0.4, 0.5) is 0 Å². The molecular formula is C13H21NO5S2. The van der Waals surface area contributed by atoms with Gasteiger partial charge in [0, 0.05) is 18.2 Å². The van der Waals surface area contributed by atoms with Crippen molar-refractivity contribution < 1.29 is 21.5 Å². The molecule has 8 heteroatoms. The molecule has 0 fully saturated rings. The molecule has 0 spiro atoms. The summed E-state index contributed by atoms with van der Waals surface area (Å²) in [7, 11) is -3.31. The van der Waals surface area contributed by atoms with Gasteiger partial charge in [0.25, 0.3) is 0 Å². The van der Waals surface area contributed by atoms with Crippen LogP contribution in [0.5, 0.6) is 11.5 Å². The Hall–Kier alpha value is -1.12. The predicted octanol–water partition coefficient (Wildman–Crippen LogP) is 1.59. The highest BCUT2D eigenvalue weighted by atomic mass is 32.2. The first-order chi connectivity index (χ1) is 9.53. The molecule has 0 saturated carbocycles. The Bertz CT molecular complexity index is 620. The molecule has 6 nitrogen and oxygen atoms in total. The van der Waals surface area contributed by atoms with E-state index in [2.05, 4.69) is 4.72 Å². The summed E-state index contributed by atoms with van der Waals surface area (Å²) in [6.07, 6.45) is 0.974. The Morgan fingerprint density at radius 2 is 1.90 bits per heavy atom. The van der Waals surface area contributed by atoms with Crippen LogP contribution in [0.25, 0.3) is 0 Å². The number of hydrogen-bond donors (Lipinski definition) is 1. The fraction of sp³-hybridized carbons (Fsp3) is 0.538. The lowest BCUT2D eigenvalue weighted by molar-refractivity contribution is 0.406. The van der Waals surface area contributed by atoms with Gasteiger partial charge in [0.15, 0.2) is 0 Å². The van der Waals surface area contributed by atoms with E-state index in [4.69, 9.17) is 8.92 Å². The SMILES string of the molecule is COc1cc(OS(C)(=O)=O)ccc1CNS(=O)C(C)(C)C. The molecule has 0 bridgehead atoms. The summed E-state index contributed by atoms with van der Waals surface area (Å²) in [5, 5.41) is 0. The van der Waals surface area contributed by atoms with Gasteiger partial charge >= 0.3 is 10.1 Å². The van der Waals surface area contributed by atoms with E-state index in [9.17, 15) is 12.6 Å². The monoisotopic (exact) mass is 335 g/mol. The van der Waals surface area contributed by atoms with Crippen molar-refractivity contribution in [2.45, 2.75) is 32.1 Å². The Labute approximate surface area is 128 Å². The Kier molecular flexibility index (Phi) is 5.77. The summed E-state index contributed by atoms with van der Waals surface area (Å²) in [5.41, 5.74) is 0.760. The number of methoxy groups -OCH3 is 1. The lowest BCUT2D eigenvalue weighted by atomic mass is 10.2. The zero-order valence-corrected chi connectivity index (χ0v) is 14.4. The van der Waals surface area contributed by atoms with Gasteiger partial charge in [-0.1, -0.05) is 6.07 Å². The maximum Gasteiger partial charge on any atom is 0.306 e. The molecule has 0 aromatic heterocycles. The van der Waals surface area contributed by atoms with Crippen LogP contribution in [-0.4, -0.2) is 30.7 Å². The maximum absolute atomic E-state index is 11.9. The van der Waals surface area contributed by atoms with Crippen LogP contribution in [-0.2, 0) is 27.6 Å². The zero-order valence-electron chi connectivity index (χ0n) is 12.8. The van der Waals surface area contributed by atoms with Crippen LogP contribution in [0.3, 0.4) is 0 Å². The number of ether oxygens (including phenoxy) is 1. The normalized spacial score (nSPS) is 13.8. The van der Waals surface area contributed by atoms with Gasteiger partial charge in [0.05, 0.1) is 29.1 Å². The third kappa shape index (κ3) is 6.03. The topological polar surface area (TPSA) is 81.7 Å². The summed E-state index contributed by atoms with van der Waals surface area (Å²) in [4.78, 5) is 0. The van der Waals surface area contributed by atoms with E-state index < -0.39 is 21.1 Å². The molecule has 0 heterocycles. The van der Waals surface area contributed by atoms with Crippen LogP contribution >= 0.6 is 0 Å². The fourth-order valence-corrected chi connectivity index (χ4v) is 2.63. The van der Waals surface area contributed by atoms with Gasteiger partial charge in [-0.15, -0.1) is 0 Å². The van der Waals surface area contributed by atoms with Gasteiger partial charge in [-0.05, 0) is 26.8 Å². The second-order valence-corrected chi connectivity index (χ2v) is 9.09. The van der Waals surface area contributed by atoms with Crippen molar-refractivity contribution in [3.8, 4) is 11.5 Å². The molecule has 0 aliphatic heterocycles. The maximum atomic E-state index is 11.9. The Balaban J connectivity index is 2.87. The van der Waals surface area contributed by atoms with Crippen molar-refractivity contribution in [2.24, 2.45) is 0 Å². The summed E-state index contributed by atoms with van der Waals surface area (Å²) in [5.74, 6) is 0.643. The third-order valence-corrected chi connectivity index (χ3v) is 4.47. The number of nitrogens with one attached hydrogen (secondary N) is 1. The van der Waals surface area contributed by atoms with Gasteiger partial charge in [-0.3, -0.25) is 0 Å². The standard InChI is InChI=1S/C13H21NO5S2/c1-13(2,3)20(15)14-9-10-6-7-11(8-12(10)18-4)19-21(5,16)17/h6-8,14H,9H2,1-5H3. The van der Waals surface area contributed by atoms with E-state index in [-0.39, 0.29) is 10.5 Å². The molecule has 0 radical (unpaired) electrons. The molecule has 1 unspecified atom stereocenters. The van der Waals surface area contributed by atoms with E-state index >= 15 is 0 Å². The van der Waals surface area contributed by atoms with E-state index in [0.29, 0.717) is 12.3 Å². The van der Waals surface area contributed by atoms with E-state index in [1.54, 1.807) is 6.07 Å². The highest BCUT2D eigenvalue weighted by Crippen LogP contribution is 2.25. The smallest absolute Gasteiger partial charge is 0.306 e. The highest BCUT2D eigenvalue weighted by Gasteiger charge is 2.19.